The van der Waals surface area contributed by atoms with Gasteiger partial charge in [-0.2, -0.15) is 0 Å². The second kappa shape index (κ2) is 3.12. The predicted octanol–water partition coefficient (Wildman–Crippen LogP) is 2.11. The molecule has 0 aliphatic carbocycles. The minimum Gasteiger partial charge on any atom is -0.399 e. The molecule has 2 nitrogen and oxygen atoms in total. The Bertz CT molecular complexity index is 321. The molecule has 14 heavy (non-hydrogen) atoms. The van der Waals surface area contributed by atoms with Gasteiger partial charge in [0.05, 0.1) is 6.54 Å². The maximum Gasteiger partial charge on any atom is 0.266 e. The predicted molar refractivity (Wildman–Crippen MR) is 52.6 cm³/mol. The van der Waals surface area contributed by atoms with Crippen molar-refractivity contribution in [2.75, 3.05) is 23.7 Å². The van der Waals surface area contributed by atoms with Crippen LogP contribution in [-0.2, 0) is 0 Å². The van der Waals surface area contributed by atoms with Crippen LogP contribution in [-0.4, -0.2) is 19.0 Å². The van der Waals surface area contributed by atoms with Crippen LogP contribution in [0.3, 0.4) is 0 Å². The van der Waals surface area contributed by atoms with E-state index >= 15 is 0 Å². The first-order chi connectivity index (χ1) is 6.57. The molecule has 1 aliphatic rings. The Morgan fingerprint density at radius 3 is 2.36 bits per heavy atom. The number of alkyl halides is 2. The molecule has 1 aromatic carbocycles. The zero-order chi connectivity index (χ0) is 10.2. The lowest BCUT2D eigenvalue weighted by atomic mass is 10.2. The Balaban J connectivity index is 2.14. The van der Waals surface area contributed by atoms with E-state index < -0.39 is 5.92 Å². The maximum absolute atomic E-state index is 12.9. The van der Waals surface area contributed by atoms with Gasteiger partial charge in [-0.25, -0.2) is 8.78 Å². The molecule has 76 valence electrons. The van der Waals surface area contributed by atoms with Gasteiger partial charge in [-0.05, 0) is 24.3 Å². The summed E-state index contributed by atoms with van der Waals surface area (Å²) < 4.78 is 25.8. The second-order valence-electron chi connectivity index (χ2n) is 3.62. The van der Waals surface area contributed by atoms with Gasteiger partial charge in [-0.3, -0.25) is 0 Å². The van der Waals surface area contributed by atoms with Crippen LogP contribution < -0.4 is 10.6 Å². The average Bonchev–Trinajstić information content (AvgIpc) is 2.47. The first-order valence-corrected chi connectivity index (χ1v) is 4.55. The highest BCUT2D eigenvalue weighted by Gasteiger charge is 2.38. The van der Waals surface area contributed by atoms with Gasteiger partial charge in [0.15, 0.2) is 0 Å². The third kappa shape index (κ3) is 1.78. The molecular formula is C10H12F2N2. The highest BCUT2D eigenvalue weighted by molar-refractivity contribution is 5.53. The van der Waals surface area contributed by atoms with Crippen LogP contribution in [0.5, 0.6) is 0 Å². The Labute approximate surface area is 81.3 Å². The lowest BCUT2D eigenvalue weighted by Crippen LogP contribution is -2.24. The molecule has 1 heterocycles. The Morgan fingerprint density at radius 2 is 1.86 bits per heavy atom. The fourth-order valence-corrected chi connectivity index (χ4v) is 1.64. The summed E-state index contributed by atoms with van der Waals surface area (Å²) in [6.07, 6.45) is -0.0582. The number of halogens is 2. The molecule has 1 aromatic rings. The van der Waals surface area contributed by atoms with E-state index in [9.17, 15) is 8.78 Å². The first kappa shape index (κ1) is 9.24. The van der Waals surface area contributed by atoms with Crippen LogP contribution in [0, 0.1) is 0 Å². The molecule has 0 amide bonds. The Morgan fingerprint density at radius 1 is 1.21 bits per heavy atom. The van der Waals surface area contributed by atoms with Crippen molar-refractivity contribution >= 4 is 11.4 Å². The van der Waals surface area contributed by atoms with Crippen molar-refractivity contribution in [1.29, 1.82) is 0 Å². The first-order valence-electron chi connectivity index (χ1n) is 4.55. The Kier molecular flexibility index (Phi) is 2.06. The number of nitrogens with two attached hydrogens (primary N) is 1. The van der Waals surface area contributed by atoms with E-state index in [0.717, 1.165) is 5.69 Å². The maximum atomic E-state index is 12.9. The van der Waals surface area contributed by atoms with E-state index in [-0.39, 0.29) is 13.0 Å². The molecule has 2 rings (SSSR count). The van der Waals surface area contributed by atoms with Gasteiger partial charge in [0.1, 0.15) is 0 Å². The van der Waals surface area contributed by atoms with E-state index in [0.29, 0.717) is 12.2 Å². The molecule has 0 saturated carbocycles. The second-order valence-corrected chi connectivity index (χ2v) is 3.62. The summed E-state index contributed by atoms with van der Waals surface area (Å²) in [4.78, 5) is 1.68. The highest BCUT2D eigenvalue weighted by Crippen LogP contribution is 2.30. The molecule has 0 unspecified atom stereocenters. The lowest BCUT2D eigenvalue weighted by molar-refractivity contribution is 0.0257. The standard InChI is InChI=1S/C10H12F2N2/c11-10(12)5-6-14(7-10)9-3-1-8(13)2-4-9/h1-4H,5-7,13H2. The van der Waals surface area contributed by atoms with Crippen molar-refractivity contribution < 1.29 is 8.78 Å². The van der Waals surface area contributed by atoms with Gasteiger partial charge in [0.25, 0.3) is 5.92 Å². The van der Waals surface area contributed by atoms with Crippen LogP contribution in [0.25, 0.3) is 0 Å². The van der Waals surface area contributed by atoms with Gasteiger partial charge in [-0.15, -0.1) is 0 Å². The van der Waals surface area contributed by atoms with Gasteiger partial charge in [-0.1, -0.05) is 0 Å². The molecule has 0 aromatic heterocycles. The van der Waals surface area contributed by atoms with Crippen LogP contribution in [0.15, 0.2) is 24.3 Å². The van der Waals surface area contributed by atoms with Crippen LogP contribution in [0.2, 0.25) is 0 Å². The molecule has 0 radical (unpaired) electrons. The van der Waals surface area contributed by atoms with Crippen LogP contribution in [0.1, 0.15) is 6.42 Å². The van der Waals surface area contributed by atoms with E-state index in [1.54, 1.807) is 29.2 Å². The smallest absolute Gasteiger partial charge is 0.266 e. The molecule has 4 heteroatoms. The molecule has 1 saturated heterocycles. The van der Waals surface area contributed by atoms with Gasteiger partial charge < -0.3 is 10.6 Å². The molecule has 1 fully saturated rings. The summed E-state index contributed by atoms with van der Waals surface area (Å²) >= 11 is 0. The highest BCUT2D eigenvalue weighted by atomic mass is 19.3. The van der Waals surface area contributed by atoms with E-state index in [1.807, 2.05) is 0 Å². The number of anilines is 2. The number of rotatable bonds is 1. The van der Waals surface area contributed by atoms with Crippen molar-refractivity contribution in [1.82, 2.24) is 0 Å². The number of nitrogen functional groups attached to an aromatic ring is 1. The van der Waals surface area contributed by atoms with Crippen LogP contribution >= 0.6 is 0 Å². The van der Waals surface area contributed by atoms with Crippen molar-refractivity contribution in [2.45, 2.75) is 12.3 Å². The summed E-state index contributed by atoms with van der Waals surface area (Å²) in [6, 6.07) is 7.01. The third-order valence-corrected chi connectivity index (χ3v) is 2.43. The third-order valence-electron chi connectivity index (χ3n) is 2.43. The van der Waals surface area contributed by atoms with Crippen molar-refractivity contribution in [3.8, 4) is 0 Å². The summed E-state index contributed by atoms with van der Waals surface area (Å²) in [5.41, 5.74) is 6.98. The molecule has 0 bridgehead atoms. The quantitative estimate of drug-likeness (QED) is 0.700. The van der Waals surface area contributed by atoms with Gasteiger partial charge >= 0.3 is 0 Å². The van der Waals surface area contributed by atoms with E-state index in [1.165, 1.54) is 0 Å². The number of benzene rings is 1. The summed E-state index contributed by atoms with van der Waals surface area (Å²) in [6.45, 7) is 0.230. The lowest BCUT2D eigenvalue weighted by Gasteiger charge is -2.18. The molecular weight excluding hydrogens is 186 g/mol. The monoisotopic (exact) mass is 198 g/mol. The summed E-state index contributed by atoms with van der Waals surface area (Å²) in [5, 5.41) is 0. The Hall–Kier alpha value is -1.32. The fraction of sp³-hybridized carbons (Fsp3) is 0.400. The van der Waals surface area contributed by atoms with Crippen molar-refractivity contribution in [2.24, 2.45) is 0 Å². The minimum absolute atomic E-state index is 0.0582. The molecule has 0 spiro atoms. The number of hydrogen-bond donors (Lipinski definition) is 1. The fourth-order valence-electron chi connectivity index (χ4n) is 1.64. The topological polar surface area (TPSA) is 29.3 Å². The van der Waals surface area contributed by atoms with E-state index in [4.69, 9.17) is 5.73 Å². The number of nitrogens with zero attached hydrogens (tertiary/aromatic N) is 1. The van der Waals surface area contributed by atoms with E-state index in [2.05, 4.69) is 0 Å². The van der Waals surface area contributed by atoms with Crippen molar-refractivity contribution in [3.05, 3.63) is 24.3 Å². The van der Waals surface area contributed by atoms with Crippen LogP contribution in [0.4, 0.5) is 20.2 Å². The normalized spacial score (nSPS) is 20.0. The molecule has 1 aliphatic heterocycles. The van der Waals surface area contributed by atoms with Crippen molar-refractivity contribution in [3.63, 3.8) is 0 Å². The molecule has 0 atom stereocenters. The summed E-state index contributed by atoms with van der Waals surface area (Å²) in [5.74, 6) is -2.54. The SMILES string of the molecule is Nc1ccc(N2CCC(F)(F)C2)cc1. The number of hydrogen-bond acceptors (Lipinski definition) is 2. The average molecular weight is 198 g/mol. The largest absolute Gasteiger partial charge is 0.399 e. The zero-order valence-corrected chi connectivity index (χ0v) is 7.71. The zero-order valence-electron chi connectivity index (χ0n) is 7.71. The summed E-state index contributed by atoms with van der Waals surface area (Å²) in [7, 11) is 0. The minimum atomic E-state index is -2.54. The molecule has 2 N–H and O–H groups in total. The van der Waals surface area contributed by atoms with Gasteiger partial charge in [0.2, 0.25) is 0 Å². The van der Waals surface area contributed by atoms with Gasteiger partial charge in [0, 0.05) is 24.3 Å².